The maximum atomic E-state index is 12.5. The Labute approximate surface area is 396 Å². The minimum atomic E-state index is -3.83. The first-order valence-corrected chi connectivity index (χ1v) is 22.7. The smallest absolute Gasteiger partial charge is 0.413 e. The molecule has 0 spiro atoms. The predicted molar refractivity (Wildman–Crippen MR) is 248 cm³/mol. The third kappa shape index (κ3) is 12.3. The number of azo groups is 2. The fraction of sp³-hybridized carbons (Fsp3) is 0.227. The molecule has 0 aliphatic heterocycles. The van der Waals surface area contributed by atoms with Gasteiger partial charge in [0, 0.05) is 53.7 Å². The van der Waals surface area contributed by atoms with E-state index in [1.54, 1.807) is 76.2 Å². The molecule has 0 bridgehead atoms. The standard InChI is InChI=1S/2C22H24N4O6S.Co/c2*1-13(2)25-33(30,31)15-9-11-18(27)16(12-15)23-24-21-19(28)10-8-14-6-5-7-17(20(14)21)26(3)22(29)32-4;/h2*5-13,25,27-28H,1-4H3;. The van der Waals surface area contributed by atoms with E-state index in [-0.39, 0.29) is 84.4 Å². The van der Waals surface area contributed by atoms with Crippen LogP contribution in [0.2, 0.25) is 0 Å². The Morgan fingerprint density at radius 3 is 1.21 bits per heavy atom. The number of fused-ring (bicyclic) bond motifs is 2. The van der Waals surface area contributed by atoms with Crippen molar-refractivity contribution >= 4 is 87.9 Å². The second-order valence-electron chi connectivity index (χ2n) is 14.9. The van der Waals surface area contributed by atoms with Crippen LogP contribution in [0.25, 0.3) is 21.5 Å². The molecule has 0 saturated heterocycles. The van der Waals surface area contributed by atoms with E-state index in [4.69, 9.17) is 9.47 Å². The summed E-state index contributed by atoms with van der Waals surface area (Å²) in [5.74, 6) is -1.04. The van der Waals surface area contributed by atoms with Gasteiger partial charge >= 0.3 is 12.2 Å². The average molecular weight is 1000 g/mol. The van der Waals surface area contributed by atoms with Gasteiger partial charge in [-0.25, -0.2) is 35.9 Å². The number of carbonyl (C=O) groups excluding carboxylic acids is 2. The van der Waals surface area contributed by atoms with Gasteiger partial charge in [-0.2, -0.15) is 0 Å². The molecule has 0 aromatic heterocycles. The largest absolute Gasteiger partial charge is 0.506 e. The number of nitrogens with zero attached hydrogens (tertiary/aromatic N) is 6. The van der Waals surface area contributed by atoms with Crippen LogP contribution in [0.5, 0.6) is 23.0 Å². The normalized spacial score (nSPS) is 11.7. The number of carbonyl (C=O) groups is 2. The Balaban J connectivity index is 0.000000288. The molecule has 23 heteroatoms. The second kappa shape index (κ2) is 22.1. The Morgan fingerprint density at radius 2 is 0.881 bits per heavy atom. The third-order valence-electron chi connectivity index (χ3n) is 9.38. The number of phenols is 4. The van der Waals surface area contributed by atoms with Crippen LogP contribution < -0.4 is 19.2 Å². The van der Waals surface area contributed by atoms with Crippen molar-refractivity contribution in [3.8, 4) is 23.0 Å². The quantitative estimate of drug-likeness (QED) is 0.0626. The van der Waals surface area contributed by atoms with Crippen molar-refractivity contribution in [3.63, 3.8) is 0 Å². The Kier molecular flexibility index (Phi) is 17.4. The summed E-state index contributed by atoms with van der Waals surface area (Å²) in [6.45, 7) is 6.74. The van der Waals surface area contributed by atoms with Crippen molar-refractivity contribution in [2.75, 3.05) is 38.1 Å². The zero-order valence-corrected chi connectivity index (χ0v) is 40.0. The molecule has 6 rings (SSSR count). The molecular formula is C44H48CoN8O12S2. The van der Waals surface area contributed by atoms with E-state index in [9.17, 15) is 46.9 Å². The molecule has 6 aromatic rings. The summed E-state index contributed by atoms with van der Waals surface area (Å²) in [5, 5.41) is 59.7. The van der Waals surface area contributed by atoms with E-state index >= 15 is 0 Å². The van der Waals surface area contributed by atoms with Crippen LogP contribution in [-0.2, 0) is 46.3 Å². The molecule has 0 atom stereocenters. The van der Waals surface area contributed by atoms with Crippen molar-refractivity contribution in [1.29, 1.82) is 0 Å². The molecule has 67 heavy (non-hydrogen) atoms. The van der Waals surface area contributed by atoms with Crippen molar-refractivity contribution in [1.82, 2.24) is 9.44 Å². The maximum absolute atomic E-state index is 12.5. The molecule has 0 heterocycles. The summed E-state index contributed by atoms with van der Waals surface area (Å²) in [6, 6.07) is 23.0. The summed E-state index contributed by atoms with van der Waals surface area (Å²) in [5.41, 5.74) is 0.657. The summed E-state index contributed by atoms with van der Waals surface area (Å²) in [4.78, 5) is 26.5. The molecule has 0 aliphatic carbocycles. The molecule has 0 saturated carbocycles. The monoisotopic (exact) mass is 1000 g/mol. The molecule has 0 aliphatic rings. The van der Waals surface area contributed by atoms with Crippen molar-refractivity contribution in [2.45, 2.75) is 49.6 Å². The number of sulfonamides is 2. The van der Waals surface area contributed by atoms with Crippen LogP contribution >= 0.6 is 0 Å². The molecule has 6 aromatic carbocycles. The summed E-state index contributed by atoms with van der Waals surface area (Å²) < 4.78 is 64.3. The fourth-order valence-corrected chi connectivity index (χ4v) is 8.90. The van der Waals surface area contributed by atoms with Crippen LogP contribution in [0.15, 0.2) is 127 Å². The van der Waals surface area contributed by atoms with Crippen molar-refractivity contribution < 1.29 is 73.1 Å². The van der Waals surface area contributed by atoms with Gasteiger partial charge in [0.05, 0.1) is 35.4 Å². The van der Waals surface area contributed by atoms with Crippen molar-refractivity contribution in [2.24, 2.45) is 20.5 Å². The number of anilines is 2. The van der Waals surface area contributed by atoms with Crippen molar-refractivity contribution in [3.05, 3.63) is 97.1 Å². The average Bonchev–Trinajstić information content (AvgIpc) is 3.27. The first-order valence-electron chi connectivity index (χ1n) is 19.8. The number of benzene rings is 6. The van der Waals surface area contributed by atoms with Gasteiger partial charge in [-0.05, 0) is 99.1 Å². The summed E-state index contributed by atoms with van der Waals surface area (Å²) >= 11 is 0. The van der Waals surface area contributed by atoms with Gasteiger partial charge in [0.2, 0.25) is 20.0 Å². The number of phenolic OH excluding ortho intramolecular Hbond substituents is 4. The van der Waals surface area contributed by atoms with Crippen LogP contribution in [0, 0.1) is 0 Å². The molecular weight excluding hydrogens is 956 g/mol. The molecule has 20 nitrogen and oxygen atoms in total. The molecule has 1 radical (unpaired) electrons. The van der Waals surface area contributed by atoms with E-state index in [1.807, 2.05) is 0 Å². The number of rotatable bonds is 12. The Morgan fingerprint density at radius 1 is 0.537 bits per heavy atom. The Hall–Kier alpha value is -6.89. The SMILES string of the molecule is COC(=O)N(C)c1cccc2ccc(O)c(N=Nc3cc(S(=O)(=O)NC(C)C)ccc3O)c12.COC(=O)N(C)c1cccc2ccc(O)c(N=Nc3cc(S(=O)(=O)NC(C)C)ccc3O)c12.[Co]. The third-order valence-corrected chi connectivity index (χ3v) is 12.7. The zero-order valence-electron chi connectivity index (χ0n) is 37.3. The van der Waals surface area contributed by atoms with Crippen LogP contribution in [0.3, 0.4) is 0 Å². The zero-order chi connectivity index (χ0) is 48.7. The van der Waals surface area contributed by atoms with Gasteiger partial charge in [-0.3, -0.25) is 9.80 Å². The number of hydrogen-bond donors (Lipinski definition) is 6. The molecule has 6 N–H and O–H groups in total. The van der Waals surface area contributed by atoms with Gasteiger partial charge in [-0.15, -0.1) is 20.5 Å². The van der Waals surface area contributed by atoms with Crippen LogP contribution in [0.4, 0.5) is 43.7 Å². The minimum absolute atomic E-state index is 0. The van der Waals surface area contributed by atoms with Gasteiger partial charge < -0.3 is 29.9 Å². The van der Waals surface area contributed by atoms with Gasteiger partial charge in [-0.1, -0.05) is 36.4 Å². The second-order valence-corrected chi connectivity index (χ2v) is 18.4. The van der Waals surface area contributed by atoms with E-state index in [0.29, 0.717) is 32.9 Å². The van der Waals surface area contributed by atoms with E-state index < -0.39 is 32.2 Å². The van der Waals surface area contributed by atoms with E-state index in [2.05, 4.69) is 29.9 Å². The molecule has 357 valence electrons. The van der Waals surface area contributed by atoms with Crippen LogP contribution in [-0.4, -0.2) is 89.8 Å². The topological polar surface area (TPSA) is 282 Å². The van der Waals surface area contributed by atoms with E-state index in [1.165, 1.54) is 86.6 Å². The summed E-state index contributed by atoms with van der Waals surface area (Å²) in [6.07, 6.45) is -1.25. The van der Waals surface area contributed by atoms with Gasteiger partial charge in [0.15, 0.2) is 0 Å². The number of nitrogens with one attached hydrogen (secondary N) is 2. The van der Waals surface area contributed by atoms with E-state index in [0.717, 1.165) is 0 Å². The molecule has 0 unspecified atom stereocenters. The number of hydrogen-bond acceptors (Lipinski definition) is 16. The maximum Gasteiger partial charge on any atom is 0.413 e. The number of aromatic hydroxyl groups is 4. The summed E-state index contributed by atoms with van der Waals surface area (Å²) in [7, 11) is -2.14. The van der Waals surface area contributed by atoms with Gasteiger partial charge in [0.1, 0.15) is 45.7 Å². The number of methoxy groups -OCH3 is 2. The first-order chi connectivity index (χ1) is 31.1. The molecule has 2 amide bonds. The minimum Gasteiger partial charge on any atom is -0.506 e. The number of amides is 2. The fourth-order valence-electron chi connectivity index (χ4n) is 6.36. The van der Waals surface area contributed by atoms with Crippen LogP contribution in [0.1, 0.15) is 27.7 Å². The molecule has 0 fully saturated rings. The Bertz CT molecular complexity index is 2890. The van der Waals surface area contributed by atoms with Gasteiger partial charge in [0.25, 0.3) is 0 Å². The predicted octanol–water partition coefficient (Wildman–Crippen LogP) is 9.11. The first kappa shape index (κ1) is 52.7. The number of ether oxygens (including phenoxy) is 2.